The molecular formula is C16H10FNO. The molecule has 19 heavy (non-hydrogen) atoms. The number of rotatable bonds is 2. The second-order valence-corrected chi connectivity index (χ2v) is 4.26. The molecule has 0 spiro atoms. The van der Waals surface area contributed by atoms with E-state index in [0.29, 0.717) is 5.56 Å². The molecule has 0 atom stereocenters. The molecule has 3 rings (SSSR count). The van der Waals surface area contributed by atoms with Crippen LogP contribution in [0.5, 0.6) is 0 Å². The Balaban J connectivity index is 2.20. The van der Waals surface area contributed by atoms with Crippen LogP contribution < -0.4 is 0 Å². The zero-order chi connectivity index (χ0) is 13.2. The number of aromatic nitrogens is 1. The van der Waals surface area contributed by atoms with Gasteiger partial charge < -0.3 is 0 Å². The van der Waals surface area contributed by atoms with E-state index in [1.807, 2.05) is 12.1 Å². The summed E-state index contributed by atoms with van der Waals surface area (Å²) in [4.78, 5) is 15.4. The van der Waals surface area contributed by atoms with E-state index in [2.05, 4.69) is 4.98 Å². The molecule has 0 N–H and O–H groups in total. The van der Waals surface area contributed by atoms with Gasteiger partial charge in [-0.15, -0.1) is 0 Å². The lowest BCUT2D eigenvalue weighted by Crippen LogP contribution is -1.88. The minimum atomic E-state index is -0.272. The zero-order valence-corrected chi connectivity index (χ0v) is 10.0. The van der Waals surface area contributed by atoms with Crippen LogP contribution >= 0.6 is 0 Å². The minimum Gasteiger partial charge on any atom is -0.298 e. The largest absolute Gasteiger partial charge is 0.298 e. The molecule has 0 unspecified atom stereocenters. The highest BCUT2D eigenvalue weighted by atomic mass is 19.1. The van der Waals surface area contributed by atoms with Gasteiger partial charge >= 0.3 is 0 Å². The van der Waals surface area contributed by atoms with E-state index in [4.69, 9.17) is 0 Å². The van der Waals surface area contributed by atoms with Crippen molar-refractivity contribution in [3.63, 3.8) is 0 Å². The van der Waals surface area contributed by atoms with E-state index in [1.54, 1.807) is 30.5 Å². The Labute approximate surface area is 109 Å². The van der Waals surface area contributed by atoms with Crippen molar-refractivity contribution in [3.8, 4) is 11.1 Å². The average Bonchev–Trinajstić information content (AvgIpc) is 2.47. The van der Waals surface area contributed by atoms with Crippen LogP contribution in [0.2, 0.25) is 0 Å². The molecule has 3 heteroatoms. The lowest BCUT2D eigenvalue weighted by molar-refractivity contribution is 0.112. The van der Waals surface area contributed by atoms with Crippen LogP contribution in [0.3, 0.4) is 0 Å². The van der Waals surface area contributed by atoms with E-state index < -0.39 is 0 Å². The number of hydrogen-bond donors (Lipinski definition) is 0. The van der Waals surface area contributed by atoms with Crippen molar-refractivity contribution in [1.82, 2.24) is 4.98 Å². The molecule has 0 amide bonds. The Morgan fingerprint density at radius 1 is 1.00 bits per heavy atom. The molecule has 0 saturated carbocycles. The van der Waals surface area contributed by atoms with Gasteiger partial charge in [-0.3, -0.25) is 9.78 Å². The summed E-state index contributed by atoms with van der Waals surface area (Å²) in [6.07, 6.45) is 2.54. The van der Waals surface area contributed by atoms with E-state index in [9.17, 15) is 9.18 Å². The average molecular weight is 251 g/mol. The van der Waals surface area contributed by atoms with Crippen LogP contribution in [-0.4, -0.2) is 11.3 Å². The van der Waals surface area contributed by atoms with Gasteiger partial charge in [0, 0.05) is 22.7 Å². The lowest BCUT2D eigenvalue weighted by atomic mass is 10.0. The number of halogens is 1. The van der Waals surface area contributed by atoms with Crippen LogP contribution in [0.4, 0.5) is 4.39 Å². The van der Waals surface area contributed by atoms with Gasteiger partial charge in [0.15, 0.2) is 6.29 Å². The molecule has 2 nitrogen and oxygen atoms in total. The molecule has 0 fully saturated rings. The molecule has 0 aliphatic rings. The number of hydrogen-bond acceptors (Lipinski definition) is 2. The van der Waals surface area contributed by atoms with Gasteiger partial charge in [-0.25, -0.2) is 4.39 Å². The topological polar surface area (TPSA) is 30.0 Å². The summed E-state index contributed by atoms with van der Waals surface area (Å²) in [5, 5.41) is 0.805. The third-order valence-corrected chi connectivity index (χ3v) is 3.06. The maximum absolute atomic E-state index is 12.9. The summed E-state index contributed by atoms with van der Waals surface area (Å²) in [7, 11) is 0. The van der Waals surface area contributed by atoms with E-state index in [-0.39, 0.29) is 5.82 Å². The predicted octanol–water partition coefficient (Wildman–Crippen LogP) is 3.85. The molecule has 0 aliphatic carbocycles. The Bertz CT molecular complexity index is 750. The van der Waals surface area contributed by atoms with Crippen molar-refractivity contribution < 1.29 is 9.18 Å². The highest BCUT2D eigenvalue weighted by molar-refractivity contribution is 5.97. The first-order valence-electron chi connectivity index (χ1n) is 5.88. The van der Waals surface area contributed by atoms with Crippen molar-refractivity contribution in [2.24, 2.45) is 0 Å². The standard InChI is InChI=1S/C16H10FNO/c17-14-6-4-11(5-7-14)13-8-15-12(10-19)2-1-3-16(15)18-9-13/h1-10H. The van der Waals surface area contributed by atoms with Crippen molar-refractivity contribution in [2.75, 3.05) is 0 Å². The number of benzene rings is 2. The number of fused-ring (bicyclic) bond motifs is 1. The molecule has 1 heterocycles. The van der Waals surface area contributed by atoms with Gasteiger partial charge in [0.05, 0.1) is 5.52 Å². The van der Waals surface area contributed by atoms with Crippen molar-refractivity contribution in [2.45, 2.75) is 0 Å². The molecule has 1 aromatic heterocycles. The van der Waals surface area contributed by atoms with Crippen molar-refractivity contribution in [1.29, 1.82) is 0 Å². The molecule has 0 saturated heterocycles. The first-order chi connectivity index (χ1) is 9.28. The highest BCUT2D eigenvalue weighted by Gasteiger charge is 2.04. The number of carbonyl (C=O) groups is 1. The van der Waals surface area contributed by atoms with Crippen LogP contribution in [0.1, 0.15) is 10.4 Å². The second-order valence-electron chi connectivity index (χ2n) is 4.26. The third-order valence-electron chi connectivity index (χ3n) is 3.06. The van der Waals surface area contributed by atoms with Crippen LogP contribution in [-0.2, 0) is 0 Å². The minimum absolute atomic E-state index is 0.272. The number of carbonyl (C=O) groups excluding carboxylic acids is 1. The van der Waals surface area contributed by atoms with Crippen molar-refractivity contribution >= 4 is 17.2 Å². The molecule has 0 radical (unpaired) electrons. The summed E-state index contributed by atoms with van der Waals surface area (Å²) in [6.45, 7) is 0. The van der Waals surface area contributed by atoms with Crippen molar-refractivity contribution in [3.05, 3.63) is 66.1 Å². The fraction of sp³-hybridized carbons (Fsp3) is 0. The normalized spacial score (nSPS) is 10.6. The maximum atomic E-state index is 12.9. The smallest absolute Gasteiger partial charge is 0.150 e. The van der Waals surface area contributed by atoms with Gasteiger partial charge in [-0.1, -0.05) is 24.3 Å². The molecular weight excluding hydrogens is 241 g/mol. The van der Waals surface area contributed by atoms with Crippen LogP contribution in [0.15, 0.2) is 54.7 Å². The van der Waals surface area contributed by atoms with Gasteiger partial charge in [0.25, 0.3) is 0 Å². The molecule has 92 valence electrons. The van der Waals surface area contributed by atoms with E-state index in [1.165, 1.54) is 12.1 Å². The number of aldehydes is 1. The monoisotopic (exact) mass is 251 g/mol. The first kappa shape index (κ1) is 11.5. The quantitative estimate of drug-likeness (QED) is 0.647. The Kier molecular flexibility index (Phi) is 2.80. The molecule has 2 aromatic carbocycles. The Morgan fingerprint density at radius 3 is 2.53 bits per heavy atom. The zero-order valence-electron chi connectivity index (χ0n) is 10.0. The fourth-order valence-electron chi connectivity index (χ4n) is 2.08. The summed E-state index contributed by atoms with van der Waals surface area (Å²) >= 11 is 0. The number of nitrogens with zero attached hydrogens (tertiary/aromatic N) is 1. The van der Waals surface area contributed by atoms with Gasteiger partial charge in [-0.05, 0) is 29.8 Å². The third kappa shape index (κ3) is 2.10. The summed E-state index contributed by atoms with van der Waals surface area (Å²) in [5.74, 6) is -0.272. The second kappa shape index (κ2) is 4.61. The Morgan fingerprint density at radius 2 is 1.79 bits per heavy atom. The maximum Gasteiger partial charge on any atom is 0.150 e. The highest BCUT2D eigenvalue weighted by Crippen LogP contribution is 2.24. The summed E-state index contributed by atoms with van der Waals surface area (Å²) in [6, 6.07) is 13.5. The number of pyridine rings is 1. The van der Waals surface area contributed by atoms with Gasteiger partial charge in [0.1, 0.15) is 5.82 Å². The molecule has 0 aliphatic heterocycles. The molecule has 0 bridgehead atoms. The SMILES string of the molecule is O=Cc1cccc2ncc(-c3ccc(F)cc3)cc12. The molecule has 3 aromatic rings. The summed E-state index contributed by atoms with van der Waals surface area (Å²) < 4.78 is 12.9. The van der Waals surface area contributed by atoms with E-state index in [0.717, 1.165) is 28.3 Å². The first-order valence-corrected chi connectivity index (χ1v) is 5.88. The van der Waals surface area contributed by atoms with E-state index >= 15 is 0 Å². The van der Waals surface area contributed by atoms with Crippen LogP contribution in [0, 0.1) is 5.82 Å². The lowest BCUT2D eigenvalue weighted by Gasteiger charge is -2.05. The van der Waals surface area contributed by atoms with Gasteiger partial charge in [-0.2, -0.15) is 0 Å². The fourth-order valence-corrected chi connectivity index (χ4v) is 2.08. The Hall–Kier alpha value is -2.55. The van der Waals surface area contributed by atoms with Crippen LogP contribution in [0.25, 0.3) is 22.0 Å². The van der Waals surface area contributed by atoms with Gasteiger partial charge in [0.2, 0.25) is 0 Å². The predicted molar refractivity (Wildman–Crippen MR) is 72.5 cm³/mol. The summed E-state index contributed by atoms with van der Waals surface area (Å²) in [5.41, 5.74) is 3.11.